The molecule has 0 fully saturated rings. The third-order valence-corrected chi connectivity index (χ3v) is 2.92. The van der Waals surface area contributed by atoms with Gasteiger partial charge in [-0.05, 0) is 24.6 Å². The van der Waals surface area contributed by atoms with E-state index in [0.717, 1.165) is 0 Å². The lowest BCUT2D eigenvalue weighted by Gasteiger charge is -2.14. The molecule has 2 rings (SSSR count). The van der Waals surface area contributed by atoms with Gasteiger partial charge in [0.1, 0.15) is 0 Å². The Kier molecular flexibility index (Phi) is 4.12. The van der Waals surface area contributed by atoms with Gasteiger partial charge in [-0.1, -0.05) is 12.1 Å². The van der Waals surface area contributed by atoms with Crippen LogP contribution in [0.2, 0.25) is 0 Å². The molecule has 0 bridgehead atoms. The SMILES string of the molecule is Cc1cccc(Nc2ccc([N+](=O)[O-])cc2N)c1OC(=O)O. The number of benzene rings is 2. The van der Waals surface area contributed by atoms with Crippen LogP contribution < -0.4 is 15.8 Å². The summed E-state index contributed by atoms with van der Waals surface area (Å²) < 4.78 is 4.76. The molecule has 0 aliphatic heterocycles. The van der Waals surface area contributed by atoms with Crippen molar-refractivity contribution in [1.82, 2.24) is 0 Å². The first kappa shape index (κ1) is 15.1. The number of nitrogen functional groups attached to an aromatic ring is 1. The maximum Gasteiger partial charge on any atom is 0.511 e. The molecule has 0 unspecified atom stereocenters. The van der Waals surface area contributed by atoms with Crippen molar-refractivity contribution in [1.29, 1.82) is 0 Å². The van der Waals surface area contributed by atoms with E-state index in [1.807, 2.05) is 0 Å². The van der Waals surface area contributed by atoms with Gasteiger partial charge in [-0.25, -0.2) is 4.79 Å². The molecule has 114 valence electrons. The lowest BCUT2D eigenvalue weighted by atomic mass is 10.1. The maximum absolute atomic E-state index is 10.8. The molecular weight excluding hydrogens is 290 g/mol. The number of hydrogen-bond acceptors (Lipinski definition) is 6. The number of carboxylic acid groups (broad SMARTS) is 1. The van der Waals surface area contributed by atoms with Crippen LogP contribution in [0.4, 0.5) is 27.5 Å². The quantitative estimate of drug-likeness (QED) is 0.260. The fourth-order valence-corrected chi connectivity index (χ4v) is 1.90. The van der Waals surface area contributed by atoms with E-state index in [1.165, 1.54) is 18.2 Å². The van der Waals surface area contributed by atoms with Gasteiger partial charge in [0.05, 0.1) is 22.0 Å². The van der Waals surface area contributed by atoms with Crippen LogP contribution in [0.3, 0.4) is 0 Å². The van der Waals surface area contributed by atoms with Crippen molar-refractivity contribution >= 4 is 28.9 Å². The first-order valence-electron chi connectivity index (χ1n) is 6.20. The topological polar surface area (TPSA) is 128 Å². The van der Waals surface area contributed by atoms with Crippen molar-refractivity contribution in [2.24, 2.45) is 0 Å². The number of rotatable bonds is 4. The summed E-state index contributed by atoms with van der Waals surface area (Å²) >= 11 is 0. The molecule has 2 aromatic rings. The molecule has 8 nitrogen and oxygen atoms in total. The highest BCUT2D eigenvalue weighted by Gasteiger charge is 2.14. The third kappa shape index (κ3) is 3.23. The Labute approximate surface area is 125 Å². The maximum atomic E-state index is 10.8. The van der Waals surface area contributed by atoms with Crippen molar-refractivity contribution in [2.75, 3.05) is 11.1 Å². The van der Waals surface area contributed by atoms with Crippen LogP contribution in [0, 0.1) is 17.0 Å². The Morgan fingerprint density at radius 2 is 2.05 bits per heavy atom. The second-order valence-corrected chi connectivity index (χ2v) is 4.47. The molecule has 0 radical (unpaired) electrons. The number of nitrogens with zero attached hydrogens (tertiary/aromatic N) is 1. The van der Waals surface area contributed by atoms with E-state index >= 15 is 0 Å². The molecule has 0 saturated heterocycles. The van der Waals surface area contributed by atoms with E-state index in [1.54, 1.807) is 25.1 Å². The molecule has 0 saturated carbocycles. The van der Waals surface area contributed by atoms with Gasteiger partial charge in [0.25, 0.3) is 5.69 Å². The highest BCUT2D eigenvalue weighted by molar-refractivity contribution is 5.79. The first-order valence-corrected chi connectivity index (χ1v) is 6.20. The van der Waals surface area contributed by atoms with Crippen LogP contribution in [0.1, 0.15) is 5.56 Å². The van der Waals surface area contributed by atoms with Crippen molar-refractivity contribution in [3.63, 3.8) is 0 Å². The summed E-state index contributed by atoms with van der Waals surface area (Å²) in [7, 11) is 0. The zero-order valence-electron chi connectivity index (χ0n) is 11.6. The molecule has 0 spiro atoms. The summed E-state index contributed by atoms with van der Waals surface area (Å²) in [5, 5.41) is 22.4. The molecule has 4 N–H and O–H groups in total. The first-order chi connectivity index (χ1) is 10.4. The minimum absolute atomic E-state index is 0.130. The number of nitrogens with two attached hydrogens (primary N) is 1. The van der Waals surface area contributed by atoms with Gasteiger partial charge in [-0.15, -0.1) is 0 Å². The van der Waals surface area contributed by atoms with Gasteiger partial charge in [-0.3, -0.25) is 10.1 Å². The summed E-state index contributed by atoms with van der Waals surface area (Å²) in [6, 6.07) is 8.99. The molecule has 0 heterocycles. The monoisotopic (exact) mass is 303 g/mol. The van der Waals surface area contributed by atoms with Crippen LogP contribution in [0.15, 0.2) is 36.4 Å². The van der Waals surface area contributed by atoms with Gasteiger partial charge >= 0.3 is 6.16 Å². The molecule has 2 aromatic carbocycles. The highest BCUT2D eigenvalue weighted by Crippen LogP contribution is 2.34. The molecule has 0 aliphatic rings. The minimum Gasteiger partial charge on any atom is -0.449 e. The van der Waals surface area contributed by atoms with Crippen LogP contribution in [0.5, 0.6) is 5.75 Å². The number of non-ortho nitro benzene ring substituents is 1. The summed E-state index contributed by atoms with van der Waals surface area (Å²) in [6.07, 6.45) is -1.44. The number of carbonyl (C=O) groups is 1. The van der Waals surface area contributed by atoms with Crippen LogP contribution >= 0.6 is 0 Å². The number of para-hydroxylation sites is 1. The number of nitro groups is 1. The number of anilines is 3. The van der Waals surface area contributed by atoms with E-state index < -0.39 is 11.1 Å². The van der Waals surface area contributed by atoms with Crippen molar-refractivity contribution in [2.45, 2.75) is 6.92 Å². The number of nitro benzene ring substituents is 1. The Hall–Kier alpha value is -3.29. The van der Waals surface area contributed by atoms with E-state index in [0.29, 0.717) is 16.9 Å². The fourth-order valence-electron chi connectivity index (χ4n) is 1.90. The lowest BCUT2D eigenvalue weighted by Crippen LogP contribution is -2.07. The zero-order chi connectivity index (χ0) is 16.3. The Morgan fingerprint density at radius 3 is 2.64 bits per heavy atom. The lowest BCUT2D eigenvalue weighted by molar-refractivity contribution is -0.384. The predicted octanol–water partition coefficient (Wildman–Crippen LogP) is 3.29. The van der Waals surface area contributed by atoms with Gasteiger partial charge < -0.3 is 20.9 Å². The van der Waals surface area contributed by atoms with Gasteiger partial charge in [0, 0.05) is 12.1 Å². The summed E-state index contributed by atoms with van der Waals surface area (Å²) in [5.41, 5.74) is 7.22. The van der Waals surface area contributed by atoms with E-state index in [4.69, 9.17) is 15.6 Å². The van der Waals surface area contributed by atoms with Crippen molar-refractivity contribution < 1.29 is 19.6 Å². The summed E-state index contributed by atoms with van der Waals surface area (Å²) in [4.78, 5) is 20.9. The summed E-state index contributed by atoms with van der Waals surface area (Å²) in [5.74, 6) is 0.146. The van der Waals surface area contributed by atoms with Gasteiger partial charge in [0.15, 0.2) is 5.75 Å². The number of hydrogen-bond donors (Lipinski definition) is 3. The van der Waals surface area contributed by atoms with Crippen LogP contribution in [0.25, 0.3) is 0 Å². The minimum atomic E-state index is -1.44. The number of aryl methyl sites for hydroxylation is 1. The van der Waals surface area contributed by atoms with E-state index in [-0.39, 0.29) is 17.1 Å². The number of nitrogens with one attached hydrogen (secondary N) is 1. The van der Waals surface area contributed by atoms with Crippen LogP contribution in [-0.4, -0.2) is 16.2 Å². The van der Waals surface area contributed by atoms with E-state index in [2.05, 4.69) is 5.32 Å². The molecule has 0 aliphatic carbocycles. The van der Waals surface area contributed by atoms with Crippen LogP contribution in [-0.2, 0) is 0 Å². The molecule has 0 aromatic heterocycles. The number of ether oxygens (including phenoxy) is 1. The Bertz CT molecular complexity index is 745. The zero-order valence-corrected chi connectivity index (χ0v) is 11.6. The fraction of sp³-hybridized carbons (Fsp3) is 0.0714. The summed E-state index contributed by atoms with van der Waals surface area (Å²) in [6.45, 7) is 1.70. The molecule has 8 heteroatoms. The standard InChI is InChI=1S/C14H13N3O5/c1-8-3-2-4-12(13(8)22-14(18)19)16-11-6-5-9(17(20)21)7-10(11)15/h2-7,16H,15H2,1H3,(H,18,19). The molecular formula is C14H13N3O5. The normalized spacial score (nSPS) is 10.0. The Morgan fingerprint density at radius 1 is 1.32 bits per heavy atom. The average molecular weight is 303 g/mol. The van der Waals surface area contributed by atoms with Crippen molar-refractivity contribution in [3.8, 4) is 5.75 Å². The smallest absolute Gasteiger partial charge is 0.449 e. The average Bonchev–Trinajstić information content (AvgIpc) is 2.44. The van der Waals surface area contributed by atoms with Crippen molar-refractivity contribution in [3.05, 3.63) is 52.1 Å². The van der Waals surface area contributed by atoms with Gasteiger partial charge in [0.2, 0.25) is 0 Å². The molecule has 0 atom stereocenters. The predicted molar refractivity (Wildman–Crippen MR) is 80.6 cm³/mol. The van der Waals surface area contributed by atoms with E-state index in [9.17, 15) is 14.9 Å². The second kappa shape index (κ2) is 6.00. The largest absolute Gasteiger partial charge is 0.511 e. The highest BCUT2D eigenvalue weighted by atomic mass is 16.7. The third-order valence-electron chi connectivity index (χ3n) is 2.92. The molecule has 0 amide bonds. The van der Waals surface area contributed by atoms with Gasteiger partial charge in [-0.2, -0.15) is 0 Å². The second-order valence-electron chi connectivity index (χ2n) is 4.47. The Balaban J connectivity index is 2.37. The molecule has 22 heavy (non-hydrogen) atoms.